The second-order valence-corrected chi connectivity index (χ2v) is 6.93. The molecule has 0 bridgehead atoms. The van der Waals surface area contributed by atoms with Gasteiger partial charge in [-0.2, -0.15) is 0 Å². The standard InChI is InChI=1S/C16H21N5O3S2/c1-4-7-18-15-20-11(9-25-15)13-10(3)19-16(26-13)21-14(23)17-8-6-12(22)24-5-2/h4,9H,1,5-8H2,2-3H3,(H,18,20)(H2,17,19,21,23). The van der Waals surface area contributed by atoms with E-state index in [1.165, 1.54) is 22.7 Å². The number of amides is 2. The first-order chi connectivity index (χ1) is 12.5. The van der Waals surface area contributed by atoms with Gasteiger partial charge in [-0.15, -0.1) is 17.9 Å². The van der Waals surface area contributed by atoms with Crippen molar-refractivity contribution in [2.24, 2.45) is 0 Å². The van der Waals surface area contributed by atoms with E-state index in [2.05, 4.69) is 32.5 Å². The maximum Gasteiger partial charge on any atom is 0.321 e. The molecule has 0 fully saturated rings. The Labute approximate surface area is 159 Å². The Morgan fingerprint density at radius 3 is 2.88 bits per heavy atom. The predicted molar refractivity (Wildman–Crippen MR) is 105 cm³/mol. The van der Waals surface area contributed by atoms with E-state index >= 15 is 0 Å². The summed E-state index contributed by atoms with van der Waals surface area (Å²) in [5.41, 5.74) is 1.60. The van der Waals surface area contributed by atoms with Crippen LogP contribution in [0.2, 0.25) is 0 Å². The third-order valence-corrected chi connectivity index (χ3v) is 4.97. The molecule has 0 saturated carbocycles. The topological polar surface area (TPSA) is 105 Å². The maximum absolute atomic E-state index is 11.9. The van der Waals surface area contributed by atoms with Gasteiger partial charge in [0.15, 0.2) is 10.3 Å². The van der Waals surface area contributed by atoms with Gasteiger partial charge in [0.1, 0.15) is 0 Å². The lowest BCUT2D eigenvalue weighted by atomic mass is 10.3. The quantitative estimate of drug-likeness (QED) is 0.445. The lowest BCUT2D eigenvalue weighted by molar-refractivity contribution is -0.142. The summed E-state index contributed by atoms with van der Waals surface area (Å²) >= 11 is 2.85. The molecule has 0 radical (unpaired) electrons. The molecule has 2 amide bonds. The van der Waals surface area contributed by atoms with Crippen molar-refractivity contribution in [1.29, 1.82) is 0 Å². The van der Waals surface area contributed by atoms with Crippen LogP contribution in [0.4, 0.5) is 15.1 Å². The number of aromatic nitrogens is 2. The summed E-state index contributed by atoms with van der Waals surface area (Å²) in [6, 6.07) is -0.416. The second-order valence-electron chi connectivity index (χ2n) is 5.08. The van der Waals surface area contributed by atoms with Crippen LogP contribution in [0.5, 0.6) is 0 Å². The van der Waals surface area contributed by atoms with E-state index in [9.17, 15) is 9.59 Å². The van der Waals surface area contributed by atoms with Crippen LogP contribution >= 0.6 is 22.7 Å². The third-order valence-electron chi connectivity index (χ3n) is 3.07. The van der Waals surface area contributed by atoms with Crippen molar-refractivity contribution < 1.29 is 14.3 Å². The number of aryl methyl sites for hydroxylation is 1. The van der Waals surface area contributed by atoms with Gasteiger partial charge in [-0.3, -0.25) is 10.1 Å². The van der Waals surface area contributed by atoms with Gasteiger partial charge >= 0.3 is 12.0 Å². The highest BCUT2D eigenvalue weighted by Gasteiger charge is 2.14. The normalized spacial score (nSPS) is 10.2. The highest BCUT2D eigenvalue weighted by Crippen LogP contribution is 2.34. The van der Waals surface area contributed by atoms with Gasteiger partial charge in [0, 0.05) is 18.5 Å². The molecular weight excluding hydrogens is 374 g/mol. The fourth-order valence-corrected chi connectivity index (χ4v) is 3.67. The largest absolute Gasteiger partial charge is 0.466 e. The van der Waals surface area contributed by atoms with E-state index < -0.39 is 6.03 Å². The number of ether oxygens (including phenoxy) is 1. The zero-order chi connectivity index (χ0) is 18.9. The average molecular weight is 396 g/mol. The number of thiazole rings is 2. The zero-order valence-corrected chi connectivity index (χ0v) is 16.3. The lowest BCUT2D eigenvalue weighted by Gasteiger charge is -2.05. The first-order valence-electron chi connectivity index (χ1n) is 8.02. The third kappa shape index (κ3) is 5.81. The first kappa shape index (κ1) is 19.9. The minimum atomic E-state index is -0.416. The number of nitrogens with one attached hydrogen (secondary N) is 3. The van der Waals surface area contributed by atoms with Gasteiger partial charge in [-0.1, -0.05) is 17.4 Å². The number of urea groups is 1. The molecule has 2 aromatic rings. The first-order valence-corrected chi connectivity index (χ1v) is 9.71. The molecule has 0 saturated heterocycles. The lowest BCUT2D eigenvalue weighted by Crippen LogP contribution is -2.30. The molecule has 2 heterocycles. The Morgan fingerprint density at radius 2 is 2.15 bits per heavy atom. The second kappa shape index (κ2) is 9.88. The summed E-state index contributed by atoms with van der Waals surface area (Å²) in [4.78, 5) is 32.9. The highest BCUT2D eigenvalue weighted by atomic mass is 32.1. The average Bonchev–Trinajstić information content (AvgIpc) is 3.19. The minimum absolute atomic E-state index is 0.128. The van der Waals surface area contributed by atoms with Crippen LogP contribution in [0.1, 0.15) is 19.0 Å². The van der Waals surface area contributed by atoms with Gasteiger partial charge in [0.2, 0.25) is 0 Å². The number of carbonyl (C=O) groups is 2. The van der Waals surface area contributed by atoms with Crippen LogP contribution in [0.25, 0.3) is 10.6 Å². The van der Waals surface area contributed by atoms with Gasteiger partial charge in [0.05, 0.1) is 29.3 Å². The van der Waals surface area contributed by atoms with Crippen LogP contribution in [0.15, 0.2) is 18.0 Å². The number of hydrogen-bond acceptors (Lipinski definition) is 8. The molecule has 0 atom stereocenters. The summed E-state index contributed by atoms with van der Waals surface area (Å²) in [5.74, 6) is -0.343. The monoisotopic (exact) mass is 395 g/mol. The molecule has 0 aliphatic rings. The molecule has 0 unspecified atom stereocenters. The summed E-state index contributed by atoms with van der Waals surface area (Å²) in [7, 11) is 0. The summed E-state index contributed by atoms with van der Waals surface area (Å²) in [6.45, 7) is 8.44. The number of esters is 1. The van der Waals surface area contributed by atoms with E-state index in [0.717, 1.165) is 21.4 Å². The smallest absolute Gasteiger partial charge is 0.321 e. The maximum atomic E-state index is 11.9. The Bertz CT molecular complexity index is 772. The Morgan fingerprint density at radius 1 is 1.35 bits per heavy atom. The molecule has 2 rings (SSSR count). The van der Waals surface area contributed by atoms with Crippen molar-refractivity contribution in [3.05, 3.63) is 23.7 Å². The van der Waals surface area contributed by atoms with Crippen molar-refractivity contribution in [2.75, 3.05) is 30.3 Å². The fourth-order valence-electron chi connectivity index (χ4n) is 1.96. The summed E-state index contributed by atoms with van der Waals surface area (Å²) in [5, 5.41) is 11.6. The predicted octanol–water partition coefficient (Wildman–Crippen LogP) is 3.25. The van der Waals surface area contributed by atoms with Crippen molar-refractivity contribution >= 4 is 44.9 Å². The van der Waals surface area contributed by atoms with Crippen LogP contribution in [0.3, 0.4) is 0 Å². The molecule has 0 aromatic carbocycles. The highest BCUT2D eigenvalue weighted by molar-refractivity contribution is 7.19. The van der Waals surface area contributed by atoms with Gasteiger partial charge in [0.25, 0.3) is 0 Å². The van der Waals surface area contributed by atoms with Crippen LogP contribution < -0.4 is 16.0 Å². The van der Waals surface area contributed by atoms with E-state index in [0.29, 0.717) is 18.3 Å². The SMILES string of the molecule is C=CCNc1nc(-c2sc(NC(=O)NCCC(=O)OCC)nc2C)cs1. The molecule has 0 aliphatic carbocycles. The van der Waals surface area contributed by atoms with E-state index in [4.69, 9.17) is 4.74 Å². The molecule has 26 heavy (non-hydrogen) atoms. The number of rotatable bonds is 9. The van der Waals surface area contributed by atoms with Crippen molar-refractivity contribution in [2.45, 2.75) is 20.3 Å². The van der Waals surface area contributed by atoms with Gasteiger partial charge < -0.3 is 15.4 Å². The van der Waals surface area contributed by atoms with Crippen molar-refractivity contribution in [1.82, 2.24) is 15.3 Å². The minimum Gasteiger partial charge on any atom is -0.466 e. The number of hydrogen-bond donors (Lipinski definition) is 3. The molecular formula is C16H21N5O3S2. The van der Waals surface area contributed by atoms with Crippen LogP contribution in [-0.2, 0) is 9.53 Å². The Balaban J connectivity index is 1.90. The Kier molecular flexibility index (Phi) is 7.54. The molecule has 10 heteroatoms. The molecule has 8 nitrogen and oxygen atoms in total. The molecule has 140 valence electrons. The van der Waals surface area contributed by atoms with Crippen molar-refractivity contribution in [3.8, 4) is 10.6 Å². The molecule has 3 N–H and O–H groups in total. The van der Waals surface area contributed by atoms with E-state index in [-0.39, 0.29) is 18.9 Å². The van der Waals surface area contributed by atoms with Gasteiger partial charge in [-0.05, 0) is 13.8 Å². The van der Waals surface area contributed by atoms with Crippen molar-refractivity contribution in [3.63, 3.8) is 0 Å². The zero-order valence-electron chi connectivity index (χ0n) is 14.6. The molecule has 2 aromatic heterocycles. The molecule has 0 spiro atoms. The summed E-state index contributed by atoms with van der Waals surface area (Å²) in [6.07, 6.45) is 1.89. The van der Waals surface area contributed by atoms with Crippen LogP contribution in [0, 0.1) is 6.92 Å². The summed E-state index contributed by atoms with van der Waals surface area (Å²) < 4.78 is 4.80. The van der Waals surface area contributed by atoms with E-state index in [1.807, 2.05) is 12.3 Å². The fraction of sp³-hybridized carbons (Fsp3) is 0.375. The van der Waals surface area contributed by atoms with Gasteiger partial charge in [-0.25, -0.2) is 14.8 Å². The number of carbonyl (C=O) groups excluding carboxylic acids is 2. The van der Waals surface area contributed by atoms with E-state index in [1.54, 1.807) is 13.0 Å². The number of anilines is 2. The van der Waals surface area contributed by atoms with Crippen LogP contribution in [-0.4, -0.2) is 41.7 Å². The number of nitrogens with zero attached hydrogens (tertiary/aromatic N) is 2. The Hall–Kier alpha value is -2.46. The molecule has 0 aliphatic heterocycles.